The Hall–Kier alpha value is -1.48. The van der Waals surface area contributed by atoms with E-state index in [2.05, 4.69) is 28.8 Å². The quantitative estimate of drug-likeness (QED) is 0.782. The Labute approximate surface area is 106 Å². The molecule has 0 unspecified atom stereocenters. The zero-order valence-corrected chi connectivity index (χ0v) is 10.6. The molecule has 0 N–H and O–H groups in total. The Balaban J connectivity index is 2.27. The van der Waals surface area contributed by atoms with Crippen LogP contribution in [0.5, 0.6) is 0 Å². The van der Waals surface area contributed by atoms with Crippen LogP contribution in [0.25, 0.3) is 0 Å². The van der Waals surface area contributed by atoms with Crippen molar-refractivity contribution in [3.63, 3.8) is 0 Å². The summed E-state index contributed by atoms with van der Waals surface area (Å²) in [6.07, 6.45) is 4.22. The van der Waals surface area contributed by atoms with Gasteiger partial charge in [0.25, 0.3) is 0 Å². The third kappa shape index (κ3) is 3.24. The molecular formula is C13H14ClN3. The fraction of sp³-hybridized carbons (Fsp3) is 0.308. The molecule has 2 aromatic rings. The van der Waals surface area contributed by atoms with Crippen molar-refractivity contribution < 1.29 is 0 Å². The van der Waals surface area contributed by atoms with Crippen molar-refractivity contribution in [2.24, 2.45) is 0 Å². The van der Waals surface area contributed by atoms with E-state index in [0.717, 1.165) is 17.1 Å². The van der Waals surface area contributed by atoms with Gasteiger partial charge in [-0.05, 0) is 29.7 Å². The van der Waals surface area contributed by atoms with Crippen LogP contribution in [-0.4, -0.2) is 15.0 Å². The van der Waals surface area contributed by atoms with Crippen molar-refractivity contribution in [1.29, 1.82) is 0 Å². The number of pyridine rings is 1. The van der Waals surface area contributed by atoms with Gasteiger partial charge in [-0.25, -0.2) is 9.97 Å². The van der Waals surface area contributed by atoms with Crippen LogP contribution in [0.15, 0.2) is 30.6 Å². The lowest BCUT2D eigenvalue weighted by atomic mass is 10.1. The number of nitrogens with zero attached hydrogens (tertiary/aromatic N) is 3. The lowest BCUT2D eigenvalue weighted by Crippen LogP contribution is -2.02. The van der Waals surface area contributed by atoms with Crippen molar-refractivity contribution in [3.05, 3.63) is 52.8 Å². The highest BCUT2D eigenvalue weighted by atomic mass is 35.5. The van der Waals surface area contributed by atoms with Crippen LogP contribution in [0.4, 0.5) is 0 Å². The molecule has 2 aromatic heterocycles. The summed E-state index contributed by atoms with van der Waals surface area (Å²) in [6.45, 7) is 4.18. The van der Waals surface area contributed by atoms with E-state index in [9.17, 15) is 0 Å². The smallest absolute Gasteiger partial charge is 0.134 e. The first kappa shape index (κ1) is 12.0. The number of aromatic nitrogens is 3. The van der Waals surface area contributed by atoms with Gasteiger partial charge >= 0.3 is 0 Å². The Morgan fingerprint density at radius 3 is 2.53 bits per heavy atom. The van der Waals surface area contributed by atoms with Gasteiger partial charge in [-0.1, -0.05) is 25.4 Å². The van der Waals surface area contributed by atoms with Crippen molar-refractivity contribution in [3.8, 4) is 0 Å². The summed E-state index contributed by atoms with van der Waals surface area (Å²) >= 11 is 6.00. The second-order valence-electron chi connectivity index (χ2n) is 4.22. The van der Waals surface area contributed by atoms with Gasteiger partial charge in [0.05, 0.1) is 0 Å². The second-order valence-corrected chi connectivity index (χ2v) is 4.61. The summed E-state index contributed by atoms with van der Waals surface area (Å²) in [5.41, 5.74) is 2.12. The fourth-order valence-corrected chi connectivity index (χ4v) is 1.75. The molecule has 0 bridgehead atoms. The first-order chi connectivity index (χ1) is 8.15. The Morgan fingerprint density at radius 2 is 1.88 bits per heavy atom. The molecule has 2 rings (SSSR count). The Morgan fingerprint density at radius 1 is 1.18 bits per heavy atom. The van der Waals surface area contributed by atoms with Gasteiger partial charge in [0.15, 0.2) is 0 Å². The van der Waals surface area contributed by atoms with Crippen LogP contribution < -0.4 is 0 Å². The van der Waals surface area contributed by atoms with E-state index in [4.69, 9.17) is 11.6 Å². The maximum absolute atomic E-state index is 6.00. The highest BCUT2D eigenvalue weighted by Gasteiger charge is 2.07. The lowest BCUT2D eigenvalue weighted by molar-refractivity contribution is 0.791. The molecule has 2 heterocycles. The zero-order valence-electron chi connectivity index (χ0n) is 9.89. The molecule has 0 aliphatic carbocycles. The Bertz CT molecular complexity index is 497. The average Bonchev–Trinajstić information content (AvgIpc) is 2.29. The minimum Gasteiger partial charge on any atom is -0.265 e. The van der Waals surface area contributed by atoms with Gasteiger partial charge < -0.3 is 0 Å². The summed E-state index contributed by atoms with van der Waals surface area (Å²) in [7, 11) is 0. The molecule has 0 saturated heterocycles. The van der Waals surface area contributed by atoms with Crippen LogP contribution in [0.1, 0.15) is 36.8 Å². The molecule has 0 amide bonds. The highest BCUT2D eigenvalue weighted by Crippen LogP contribution is 2.16. The maximum atomic E-state index is 6.00. The average molecular weight is 248 g/mol. The van der Waals surface area contributed by atoms with E-state index in [-0.39, 0.29) is 0 Å². The zero-order chi connectivity index (χ0) is 12.3. The number of hydrogen-bond acceptors (Lipinski definition) is 3. The molecule has 0 atom stereocenters. The molecule has 88 valence electrons. The standard InChI is InChI=1S/C13H14ClN3/c1-9(2)11-8-12(14)17-13(16-11)7-10-3-5-15-6-4-10/h3-6,8-9H,7H2,1-2H3. The summed E-state index contributed by atoms with van der Waals surface area (Å²) in [4.78, 5) is 12.7. The normalized spacial score (nSPS) is 10.8. The molecule has 0 radical (unpaired) electrons. The minimum atomic E-state index is 0.353. The van der Waals surface area contributed by atoms with Gasteiger partial charge in [-0.3, -0.25) is 4.98 Å². The molecule has 0 aliphatic rings. The monoisotopic (exact) mass is 247 g/mol. The second kappa shape index (κ2) is 5.23. The molecule has 0 fully saturated rings. The molecule has 0 aliphatic heterocycles. The number of hydrogen-bond donors (Lipinski definition) is 0. The fourth-order valence-electron chi connectivity index (χ4n) is 1.54. The van der Waals surface area contributed by atoms with E-state index in [1.165, 1.54) is 0 Å². The number of halogens is 1. The van der Waals surface area contributed by atoms with E-state index in [0.29, 0.717) is 17.5 Å². The molecule has 17 heavy (non-hydrogen) atoms. The van der Waals surface area contributed by atoms with E-state index < -0.39 is 0 Å². The van der Waals surface area contributed by atoms with Crippen molar-refractivity contribution >= 4 is 11.6 Å². The first-order valence-corrected chi connectivity index (χ1v) is 5.95. The van der Waals surface area contributed by atoms with E-state index in [1.807, 2.05) is 18.2 Å². The lowest BCUT2D eigenvalue weighted by Gasteiger charge is -2.07. The van der Waals surface area contributed by atoms with E-state index in [1.54, 1.807) is 12.4 Å². The van der Waals surface area contributed by atoms with Crippen LogP contribution in [0, 0.1) is 0 Å². The van der Waals surface area contributed by atoms with E-state index >= 15 is 0 Å². The molecular weight excluding hydrogens is 234 g/mol. The SMILES string of the molecule is CC(C)c1cc(Cl)nc(Cc2ccncc2)n1. The maximum Gasteiger partial charge on any atom is 0.134 e. The predicted octanol–water partition coefficient (Wildman–Crippen LogP) is 3.24. The van der Waals surface area contributed by atoms with Gasteiger partial charge in [-0.15, -0.1) is 0 Å². The first-order valence-electron chi connectivity index (χ1n) is 5.57. The topological polar surface area (TPSA) is 38.7 Å². The van der Waals surface area contributed by atoms with Crippen LogP contribution in [0.3, 0.4) is 0 Å². The van der Waals surface area contributed by atoms with Crippen LogP contribution in [-0.2, 0) is 6.42 Å². The summed E-state index contributed by atoms with van der Waals surface area (Å²) in [5.74, 6) is 1.11. The highest BCUT2D eigenvalue weighted by molar-refractivity contribution is 6.29. The molecule has 0 spiro atoms. The third-order valence-corrected chi connectivity index (χ3v) is 2.66. The minimum absolute atomic E-state index is 0.353. The summed E-state index contributed by atoms with van der Waals surface area (Å²) in [6, 6.07) is 5.74. The van der Waals surface area contributed by atoms with Crippen molar-refractivity contribution in [1.82, 2.24) is 15.0 Å². The molecule has 3 nitrogen and oxygen atoms in total. The Kier molecular flexibility index (Phi) is 3.69. The van der Waals surface area contributed by atoms with Gasteiger partial charge in [0.2, 0.25) is 0 Å². The molecule has 4 heteroatoms. The van der Waals surface area contributed by atoms with Crippen LogP contribution in [0.2, 0.25) is 5.15 Å². The largest absolute Gasteiger partial charge is 0.265 e. The summed E-state index contributed by atoms with van der Waals surface area (Å²) < 4.78 is 0. The van der Waals surface area contributed by atoms with Gasteiger partial charge in [-0.2, -0.15) is 0 Å². The van der Waals surface area contributed by atoms with Crippen LogP contribution >= 0.6 is 11.6 Å². The molecule has 0 saturated carbocycles. The van der Waals surface area contributed by atoms with Crippen molar-refractivity contribution in [2.45, 2.75) is 26.2 Å². The van der Waals surface area contributed by atoms with Crippen molar-refractivity contribution in [2.75, 3.05) is 0 Å². The van der Waals surface area contributed by atoms with Gasteiger partial charge in [0.1, 0.15) is 11.0 Å². The predicted molar refractivity (Wildman–Crippen MR) is 68.2 cm³/mol. The number of rotatable bonds is 3. The van der Waals surface area contributed by atoms with Gasteiger partial charge in [0, 0.05) is 24.5 Å². The third-order valence-electron chi connectivity index (χ3n) is 2.46. The molecule has 0 aromatic carbocycles. The summed E-state index contributed by atoms with van der Waals surface area (Å²) in [5, 5.41) is 0.507.